The van der Waals surface area contributed by atoms with E-state index in [0.717, 1.165) is 18.7 Å². The topological polar surface area (TPSA) is 41.1 Å². The summed E-state index contributed by atoms with van der Waals surface area (Å²) in [5.74, 6) is 0. The Kier molecular flexibility index (Phi) is 2.94. The number of nitrogens with one attached hydrogen (secondary N) is 2. The van der Waals surface area contributed by atoms with Gasteiger partial charge in [-0.1, -0.05) is 12.2 Å². The first kappa shape index (κ1) is 9.35. The molecule has 0 aliphatic carbocycles. The smallest absolute Gasteiger partial charge is 0.220 e. The molecule has 1 rings (SSSR count). The number of likely N-dealkylation sites (N-methyl/N-ethyl adjacent to an activating group) is 1. The van der Waals surface area contributed by atoms with Crippen molar-refractivity contribution in [1.82, 2.24) is 5.32 Å². The second-order valence-corrected chi connectivity index (χ2v) is 3.10. The molecule has 0 saturated carbocycles. The van der Waals surface area contributed by atoms with Crippen LogP contribution in [-0.2, 0) is 0 Å². The first-order valence-corrected chi connectivity index (χ1v) is 4.27. The van der Waals surface area contributed by atoms with Crippen LogP contribution in [0, 0.1) is 11.4 Å². The van der Waals surface area contributed by atoms with Gasteiger partial charge in [0, 0.05) is 13.1 Å². The van der Waals surface area contributed by atoms with Crippen molar-refractivity contribution in [1.29, 1.82) is 0 Å². The Morgan fingerprint density at radius 2 is 2.08 bits per heavy atom. The van der Waals surface area contributed by atoms with Gasteiger partial charge in [0.25, 0.3) is 0 Å². The van der Waals surface area contributed by atoms with Crippen LogP contribution >= 0.6 is 12.2 Å². The molecular weight excluding hydrogens is 172 g/mol. The van der Waals surface area contributed by atoms with Crippen molar-refractivity contribution in [2.24, 2.45) is 0 Å². The average molecular weight is 184 g/mol. The van der Waals surface area contributed by atoms with Gasteiger partial charge in [0.05, 0.1) is 10.2 Å². The Bertz CT molecular complexity index is 339. The van der Waals surface area contributed by atoms with E-state index in [-0.39, 0.29) is 5.43 Å². The molecule has 0 bridgehead atoms. The van der Waals surface area contributed by atoms with Crippen molar-refractivity contribution in [2.45, 2.75) is 6.92 Å². The molecule has 0 aliphatic heterocycles. The summed E-state index contributed by atoms with van der Waals surface area (Å²) >= 11 is 4.82. The minimum absolute atomic E-state index is 0.0152. The van der Waals surface area contributed by atoms with E-state index in [2.05, 4.69) is 10.6 Å². The fourth-order valence-electron chi connectivity index (χ4n) is 1.03. The summed E-state index contributed by atoms with van der Waals surface area (Å²) in [4.78, 5) is 11.1. The molecule has 1 aromatic carbocycles. The fourth-order valence-corrected chi connectivity index (χ4v) is 1.23. The van der Waals surface area contributed by atoms with Crippen molar-refractivity contribution in [3.63, 3.8) is 0 Å². The van der Waals surface area contributed by atoms with Crippen LogP contribution in [0.5, 0.6) is 0 Å². The summed E-state index contributed by atoms with van der Waals surface area (Å²) in [6.45, 7) is 3.47. The van der Waals surface area contributed by atoms with Gasteiger partial charge < -0.3 is 10.6 Å². The first-order valence-electron chi connectivity index (χ1n) is 3.87. The minimum Gasteiger partial charge on any atom is -0.380 e. The molecule has 1 aromatic rings. The van der Waals surface area contributed by atoms with Gasteiger partial charge in [-0.2, -0.15) is 0 Å². The van der Waals surface area contributed by atoms with Crippen LogP contribution in [0.1, 0.15) is 5.56 Å². The summed E-state index contributed by atoms with van der Waals surface area (Å²) in [7, 11) is 1.87. The standard InChI is InChI=1S/C8H12N2OS/c1-5-6(7(11)8(5)12)10-4-3-9-2/h9-10H,3-4H2,1-2H3. The summed E-state index contributed by atoms with van der Waals surface area (Å²) in [5.41, 5.74) is 1.60. The molecule has 2 N–H and O–H groups in total. The van der Waals surface area contributed by atoms with E-state index in [1.165, 1.54) is 0 Å². The Balaban J connectivity index is 2.55. The molecule has 0 aliphatic rings. The monoisotopic (exact) mass is 184 g/mol. The van der Waals surface area contributed by atoms with Gasteiger partial charge in [-0.25, -0.2) is 0 Å². The molecule has 12 heavy (non-hydrogen) atoms. The maximum atomic E-state index is 11.1. The third kappa shape index (κ3) is 1.54. The molecule has 0 unspecified atom stereocenters. The SMILES string of the molecule is CNCCNc1c(C)c(=S)c1=O. The van der Waals surface area contributed by atoms with Gasteiger partial charge in [-0.3, -0.25) is 4.79 Å². The summed E-state index contributed by atoms with van der Waals surface area (Å²) in [6.07, 6.45) is 0. The highest BCUT2D eigenvalue weighted by Gasteiger charge is 2.11. The maximum Gasteiger partial charge on any atom is 0.220 e. The van der Waals surface area contributed by atoms with Gasteiger partial charge in [0.2, 0.25) is 5.43 Å². The van der Waals surface area contributed by atoms with E-state index in [9.17, 15) is 4.79 Å². The number of rotatable bonds is 4. The molecular formula is C8H12N2OS. The molecule has 0 atom stereocenters. The Morgan fingerprint density at radius 1 is 1.42 bits per heavy atom. The average Bonchev–Trinajstić information content (AvgIpc) is 2.11. The van der Waals surface area contributed by atoms with E-state index in [0.29, 0.717) is 10.2 Å². The van der Waals surface area contributed by atoms with Crippen LogP contribution < -0.4 is 16.1 Å². The molecule has 4 heteroatoms. The molecule has 0 amide bonds. The third-order valence-corrected chi connectivity index (χ3v) is 2.32. The van der Waals surface area contributed by atoms with Crippen molar-refractivity contribution < 1.29 is 0 Å². The van der Waals surface area contributed by atoms with E-state index >= 15 is 0 Å². The lowest BCUT2D eigenvalue weighted by molar-refractivity contribution is 0.822. The Labute approximate surface area is 76.5 Å². The lowest BCUT2D eigenvalue weighted by Crippen LogP contribution is -2.24. The number of hydrogen-bond donors (Lipinski definition) is 2. The third-order valence-electron chi connectivity index (χ3n) is 1.83. The van der Waals surface area contributed by atoms with Crippen LogP contribution in [0.25, 0.3) is 0 Å². The van der Waals surface area contributed by atoms with Crippen LogP contribution in [0.3, 0.4) is 0 Å². The molecule has 0 radical (unpaired) electrons. The van der Waals surface area contributed by atoms with E-state index in [1.54, 1.807) is 0 Å². The predicted octanol–water partition coefficient (Wildman–Crippen LogP) is 0.592. The van der Waals surface area contributed by atoms with E-state index in [4.69, 9.17) is 12.2 Å². The van der Waals surface area contributed by atoms with E-state index in [1.807, 2.05) is 14.0 Å². The normalized spacial score (nSPS) is 10.5. The summed E-state index contributed by atoms with van der Waals surface area (Å²) in [5, 5.41) is 6.01. The zero-order chi connectivity index (χ0) is 9.14. The highest BCUT2D eigenvalue weighted by atomic mass is 32.1. The highest BCUT2D eigenvalue weighted by Crippen LogP contribution is 2.12. The molecule has 0 spiro atoms. The van der Waals surface area contributed by atoms with Crippen molar-refractivity contribution in [3.05, 3.63) is 20.3 Å². The predicted molar refractivity (Wildman–Crippen MR) is 53.1 cm³/mol. The first-order chi connectivity index (χ1) is 5.68. The Morgan fingerprint density at radius 3 is 2.58 bits per heavy atom. The second-order valence-electron chi connectivity index (χ2n) is 2.69. The minimum atomic E-state index is -0.0152. The molecule has 0 heterocycles. The number of hydrogen-bond acceptors (Lipinski definition) is 4. The summed E-state index contributed by atoms with van der Waals surface area (Å²) < 4.78 is 0.474. The van der Waals surface area contributed by atoms with Gasteiger partial charge in [-0.15, -0.1) is 0 Å². The highest BCUT2D eigenvalue weighted by molar-refractivity contribution is 7.71. The quantitative estimate of drug-likeness (QED) is 0.531. The van der Waals surface area contributed by atoms with Crippen LogP contribution in [-0.4, -0.2) is 20.1 Å². The van der Waals surface area contributed by atoms with Gasteiger partial charge in [-0.05, 0) is 19.5 Å². The molecule has 3 nitrogen and oxygen atoms in total. The van der Waals surface area contributed by atoms with Gasteiger partial charge >= 0.3 is 0 Å². The largest absolute Gasteiger partial charge is 0.380 e. The van der Waals surface area contributed by atoms with Crippen LogP contribution in [0.4, 0.5) is 5.69 Å². The van der Waals surface area contributed by atoms with Crippen molar-refractivity contribution >= 4 is 17.9 Å². The molecule has 0 aromatic heterocycles. The van der Waals surface area contributed by atoms with Crippen LogP contribution in [0.2, 0.25) is 0 Å². The molecule has 0 fully saturated rings. The number of anilines is 1. The fraction of sp³-hybridized carbons (Fsp3) is 0.500. The van der Waals surface area contributed by atoms with Crippen LogP contribution in [0.15, 0.2) is 4.79 Å². The van der Waals surface area contributed by atoms with Crippen molar-refractivity contribution in [2.75, 3.05) is 25.5 Å². The summed E-state index contributed by atoms with van der Waals surface area (Å²) in [6, 6.07) is 0. The van der Waals surface area contributed by atoms with E-state index < -0.39 is 0 Å². The molecule has 66 valence electrons. The van der Waals surface area contributed by atoms with Crippen molar-refractivity contribution in [3.8, 4) is 0 Å². The lowest BCUT2D eigenvalue weighted by atomic mass is 10.1. The lowest BCUT2D eigenvalue weighted by Gasteiger charge is -2.10. The van der Waals surface area contributed by atoms with Gasteiger partial charge in [0.1, 0.15) is 0 Å². The van der Waals surface area contributed by atoms with Gasteiger partial charge in [0.15, 0.2) is 0 Å². The maximum absolute atomic E-state index is 11.1. The Hall–Kier alpha value is -0.740. The second kappa shape index (κ2) is 3.78. The zero-order valence-corrected chi connectivity index (χ0v) is 8.05. The molecule has 0 saturated heterocycles. The zero-order valence-electron chi connectivity index (χ0n) is 7.23.